The highest BCUT2D eigenvalue weighted by Crippen LogP contribution is 2.37. The molecule has 126 valence electrons. The second kappa shape index (κ2) is 5.76. The summed E-state index contributed by atoms with van der Waals surface area (Å²) in [6.45, 7) is 3.74. The number of aliphatic hydroxyl groups is 1. The largest absolute Gasteiger partial charge is 0.395 e. The van der Waals surface area contributed by atoms with Crippen molar-refractivity contribution < 1.29 is 19.5 Å². The van der Waals surface area contributed by atoms with Crippen molar-refractivity contribution in [2.75, 3.05) is 18.5 Å². The zero-order valence-corrected chi connectivity index (χ0v) is 13.5. The Hall–Kier alpha value is -2.67. The van der Waals surface area contributed by atoms with E-state index in [0.29, 0.717) is 12.2 Å². The lowest BCUT2D eigenvalue weighted by Crippen LogP contribution is -2.45. The van der Waals surface area contributed by atoms with Gasteiger partial charge in [-0.05, 0) is 31.0 Å². The first-order valence-corrected chi connectivity index (χ1v) is 7.72. The van der Waals surface area contributed by atoms with Gasteiger partial charge in [0.05, 0.1) is 18.6 Å². The molecule has 3 rings (SSSR count). The summed E-state index contributed by atoms with van der Waals surface area (Å²) in [4.78, 5) is 37.3. The number of amides is 3. The summed E-state index contributed by atoms with van der Waals surface area (Å²) >= 11 is 0. The Morgan fingerprint density at radius 1 is 1.29 bits per heavy atom. The predicted molar refractivity (Wildman–Crippen MR) is 86.8 cm³/mol. The molecule has 3 amide bonds. The highest BCUT2D eigenvalue weighted by molar-refractivity contribution is 6.17. The number of aliphatic hydroxyl groups excluding tert-OH is 1. The van der Waals surface area contributed by atoms with Crippen LogP contribution in [0.4, 0.5) is 5.69 Å². The lowest BCUT2D eigenvalue weighted by Gasteiger charge is -2.33. The van der Waals surface area contributed by atoms with Crippen LogP contribution in [0.25, 0.3) is 0 Å². The van der Waals surface area contributed by atoms with Gasteiger partial charge in [-0.1, -0.05) is 12.1 Å². The van der Waals surface area contributed by atoms with Gasteiger partial charge in [0.1, 0.15) is 5.70 Å². The third kappa shape index (κ3) is 2.46. The number of hydrogen-bond acceptors (Lipinski definition) is 5. The van der Waals surface area contributed by atoms with Crippen molar-refractivity contribution in [3.63, 3.8) is 0 Å². The fourth-order valence-corrected chi connectivity index (χ4v) is 3.15. The van der Waals surface area contributed by atoms with Gasteiger partial charge in [-0.3, -0.25) is 19.3 Å². The predicted octanol–water partition coefficient (Wildman–Crippen LogP) is 0.251. The molecule has 0 atom stereocenters. The zero-order chi connectivity index (χ0) is 17.5. The molecule has 0 aliphatic carbocycles. The van der Waals surface area contributed by atoms with E-state index in [0.717, 1.165) is 16.0 Å². The van der Waals surface area contributed by atoms with Crippen LogP contribution >= 0.6 is 0 Å². The molecule has 0 spiro atoms. The van der Waals surface area contributed by atoms with Crippen LogP contribution in [0.1, 0.15) is 25.0 Å². The summed E-state index contributed by atoms with van der Waals surface area (Å²) in [7, 11) is 0. The van der Waals surface area contributed by atoms with Crippen molar-refractivity contribution in [2.45, 2.75) is 25.8 Å². The van der Waals surface area contributed by atoms with Gasteiger partial charge in [0, 0.05) is 18.3 Å². The lowest BCUT2D eigenvalue weighted by molar-refractivity contribution is -0.137. The van der Waals surface area contributed by atoms with E-state index in [9.17, 15) is 14.4 Å². The minimum Gasteiger partial charge on any atom is -0.395 e. The molecule has 0 saturated carbocycles. The molecule has 1 aromatic carbocycles. The number of imide groups is 1. The molecule has 24 heavy (non-hydrogen) atoms. The van der Waals surface area contributed by atoms with Gasteiger partial charge in [-0.25, -0.2) is 0 Å². The van der Waals surface area contributed by atoms with Crippen molar-refractivity contribution in [2.24, 2.45) is 0 Å². The summed E-state index contributed by atoms with van der Waals surface area (Å²) in [6.07, 6.45) is 1.22. The van der Waals surface area contributed by atoms with E-state index < -0.39 is 17.2 Å². The van der Waals surface area contributed by atoms with Crippen LogP contribution in [0.2, 0.25) is 0 Å². The summed E-state index contributed by atoms with van der Waals surface area (Å²) in [5.74, 6) is -1.03. The minimum absolute atomic E-state index is 0.0415. The highest BCUT2D eigenvalue weighted by Gasteiger charge is 2.38. The van der Waals surface area contributed by atoms with Crippen molar-refractivity contribution in [1.82, 2.24) is 10.2 Å². The summed E-state index contributed by atoms with van der Waals surface area (Å²) in [5.41, 5.74) is 1.80. The third-order valence-electron chi connectivity index (χ3n) is 4.39. The van der Waals surface area contributed by atoms with Crippen LogP contribution < -0.4 is 10.6 Å². The van der Waals surface area contributed by atoms with Crippen molar-refractivity contribution in [3.8, 4) is 0 Å². The molecule has 1 aromatic rings. The number of benzene rings is 1. The Labute approximate surface area is 139 Å². The maximum atomic E-state index is 12.3. The van der Waals surface area contributed by atoms with Gasteiger partial charge >= 0.3 is 0 Å². The van der Waals surface area contributed by atoms with Gasteiger partial charge in [0.2, 0.25) is 5.91 Å². The fourth-order valence-electron chi connectivity index (χ4n) is 3.15. The first-order valence-electron chi connectivity index (χ1n) is 7.72. The number of fused-ring (bicyclic) bond motifs is 1. The number of anilines is 1. The van der Waals surface area contributed by atoms with Gasteiger partial charge < -0.3 is 15.7 Å². The number of carbonyl (C=O) groups excluding carboxylic acids is 3. The molecule has 2 heterocycles. The fraction of sp³-hybridized carbons (Fsp3) is 0.353. The number of nitrogens with zero attached hydrogens (tertiary/aromatic N) is 1. The van der Waals surface area contributed by atoms with E-state index in [2.05, 4.69) is 10.6 Å². The lowest BCUT2D eigenvalue weighted by atomic mass is 9.77. The van der Waals surface area contributed by atoms with Gasteiger partial charge in [0.25, 0.3) is 11.8 Å². The average Bonchev–Trinajstić information content (AvgIpc) is 2.79. The Balaban J connectivity index is 1.96. The monoisotopic (exact) mass is 329 g/mol. The SMILES string of the molecule is CC1(C)C(=O)NCc2cccc(NC3=CC(=O)N(CCO)C3=O)c21. The van der Waals surface area contributed by atoms with Gasteiger partial charge in [0.15, 0.2) is 0 Å². The molecule has 7 nitrogen and oxygen atoms in total. The summed E-state index contributed by atoms with van der Waals surface area (Å²) in [5, 5.41) is 14.8. The first kappa shape index (κ1) is 16.2. The Bertz CT molecular complexity index is 767. The van der Waals surface area contributed by atoms with Crippen LogP contribution in [0.5, 0.6) is 0 Å². The maximum Gasteiger partial charge on any atom is 0.277 e. The standard InChI is InChI=1S/C17H19N3O4/c1-17(2)14-10(9-18-16(17)24)4-3-5-11(14)19-12-8-13(22)20(6-7-21)15(12)23/h3-5,8,19,21H,6-7,9H2,1-2H3,(H,18,24). The van der Waals surface area contributed by atoms with E-state index >= 15 is 0 Å². The molecular weight excluding hydrogens is 310 g/mol. The third-order valence-corrected chi connectivity index (χ3v) is 4.39. The Morgan fingerprint density at radius 3 is 2.75 bits per heavy atom. The molecule has 3 N–H and O–H groups in total. The average molecular weight is 329 g/mol. The van der Waals surface area contributed by atoms with E-state index in [1.165, 1.54) is 6.08 Å². The molecule has 0 saturated heterocycles. The van der Waals surface area contributed by atoms with Crippen LogP contribution in [0, 0.1) is 0 Å². The van der Waals surface area contributed by atoms with Gasteiger partial charge in [-0.2, -0.15) is 0 Å². The molecule has 0 radical (unpaired) electrons. The van der Waals surface area contributed by atoms with Crippen molar-refractivity contribution in [3.05, 3.63) is 41.1 Å². The molecule has 7 heteroatoms. The van der Waals surface area contributed by atoms with E-state index in [-0.39, 0.29) is 24.8 Å². The zero-order valence-electron chi connectivity index (χ0n) is 13.5. The molecule has 0 fully saturated rings. The molecule has 2 aliphatic heterocycles. The second-order valence-corrected chi connectivity index (χ2v) is 6.35. The van der Waals surface area contributed by atoms with Crippen LogP contribution in [-0.2, 0) is 26.3 Å². The number of rotatable bonds is 4. The number of carbonyl (C=O) groups is 3. The van der Waals surface area contributed by atoms with E-state index in [1.54, 1.807) is 6.07 Å². The molecule has 0 unspecified atom stereocenters. The number of β-amino-alcohol motifs (C(OH)–C–C–N with tert-alkyl or cyclic N) is 1. The van der Waals surface area contributed by atoms with E-state index in [4.69, 9.17) is 5.11 Å². The maximum absolute atomic E-state index is 12.3. The van der Waals surface area contributed by atoms with Crippen molar-refractivity contribution in [1.29, 1.82) is 0 Å². The Morgan fingerprint density at radius 2 is 2.04 bits per heavy atom. The molecular formula is C17H19N3O4. The van der Waals surface area contributed by atoms with Crippen LogP contribution in [0.3, 0.4) is 0 Å². The van der Waals surface area contributed by atoms with E-state index in [1.807, 2.05) is 26.0 Å². The Kier molecular flexibility index (Phi) is 3.88. The highest BCUT2D eigenvalue weighted by atomic mass is 16.3. The molecule has 2 aliphatic rings. The second-order valence-electron chi connectivity index (χ2n) is 6.35. The minimum atomic E-state index is -0.756. The van der Waals surface area contributed by atoms with Crippen LogP contribution in [0.15, 0.2) is 30.0 Å². The normalized spacial score (nSPS) is 19.0. The topological polar surface area (TPSA) is 98.7 Å². The first-order chi connectivity index (χ1) is 11.4. The molecule has 0 aromatic heterocycles. The quantitative estimate of drug-likeness (QED) is 0.688. The summed E-state index contributed by atoms with van der Waals surface area (Å²) in [6, 6.07) is 5.55. The molecule has 0 bridgehead atoms. The number of nitrogens with one attached hydrogen (secondary N) is 2. The summed E-state index contributed by atoms with van der Waals surface area (Å²) < 4.78 is 0. The van der Waals surface area contributed by atoms with Crippen molar-refractivity contribution >= 4 is 23.4 Å². The number of hydrogen-bond donors (Lipinski definition) is 3. The van der Waals surface area contributed by atoms with Crippen LogP contribution in [-0.4, -0.2) is 40.9 Å². The van der Waals surface area contributed by atoms with Gasteiger partial charge in [-0.15, -0.1) is 0 Å². The smallest absolute Gasteiger partial charge is 0.277 e.